The molecule has 20 heavy (non-hydrogen) atoms. The first-order chi connectivity index (χ1) is 9.50. The largest absolute Gasteiger partial charge is 0.423 e. The van der Waals surface area contributed by atoms with Crippen molar-refractivity contribution < 1.29 is 4.42 Å². The minimum absolute atomic E-state index is 0.132. The Morgan fingerprint density at radius 2 is 2.10 bits per heavy atom. The van der Waals surface area contributed by atoms with Gasteiger partial charge in [-0.3, -0.25) is 0 Å². The van der Waals surface area contributed by atoms with Crippen molar-refractivity contribution in [3.05, 3.63) is 23.7 Å². The molecule has 0 bridgehead atoms. The average molecular weight is 276 g/mol. The lowest BCUT2D eigenvalue weighted by atomic mass is 9.97. The molecule has 7 heteroatoms. The fourth-order valence-electron chi connectivity index (χ4n) is 1.79. The Hall–Kier alpha value is -1.76. The average Bonchev–Trinajstić information content (AvgIpc) is 2.89. The van der Waals surface area contributed by atoms with Gasteiger partial charge in [-0.2, -0.15) is 0 Å². The minimum Gasteiger partial charge on any atom is -0.423 e. The molecule has 0 unspecified atom stereocenters. The summed E-state index contributed by atoms with van der Waals surface area (Å²) in [6.45, 7) is 7.35. The molecule has 2 aromatic rings. The Morgan fingerprint density at radius 1 is 1.30 bits per heavy atom. The molecule has 1 aliphatic rings. The maximum atomic E-state index is 5.64. The van der Waals surface area contributed by atoms with E-state index in [0.29, 0.717) is 24.4 Å². The van der Waals surface area contributed by atoms with E-state index in [1.54, 1.807) is 4.68 Å². The number of aromatic nitrogens is 5. The Kier molecular flexibility index (Phi) is 3.29. The van der Waals surface area contributed by atoms with Gasteiger partial charge in [0.15, 0.2) is 0 Å². The van der Waals surface area contributed by atoms with Gasteiger partial charge in [0.1, 0.15) is 6.54 Å². The summed E-state index contributed by atoms with van der Waals surface area (Å²) in [4.78, 5) is 0. The van der Waals surface area contributed by atoms with Crippen molar-refractivity contribution in [1.82, 2.24) is 30.5 Å². The summed E-state index contributed by atoms with van der Waals surface area (Å²) in [6, 6.07) is 0.672. The van der Waals surface area contributed by atoms with Crippen LogP contribution in [0.25, 0.3) is 0 Å². The van der Waals surface area contributed by atoms with E-state index in [9.17, 15) is 0 Å². The van der Waals surface area contributed by atoms with E-state index in [0.717, 1.165) is 12.2 Å². The molecule has 3 rings (SSSR count). The molecule has 0 spiro atoms. The van der Waals surface area contributed by atoms with Crippen molar-refractivity contribution in [1.29, 1.82) is 0 Å². The van der Waals surface area contributed by atoms with Crippen LogP contribution >= 0.6 is 0 Å². The van der Waals surface area contributed by atoms with E-state index in [4.69, 9.17) is 4.42 Å². The standard InChI is InChI=1S/C13H20N6O/c1-13(2,3)12-17-16-11(20-12)8-19-7-10(15-18-19)6-14-9-4-5-9/h7,9,14H,4-6,8H2,1-3H3. The number of hydrogen-bond acceptors (Lipinski definition) is 6. The maximum Gasteiger partial charge on any atom is 0.238 e. The van der Waals surface area contributed by atoms with E-state index in [-0.39, 0.29) is 5.41 Å². The highest BCUT2D eigenvalue weighted by Gasteiger charge is 2.22. The van der Waals surface area contributed by atoms with Crippen LogP contribution in [0.2, 0.25) is 0 Å². The van der Waals surface area contributed by atoms with Gasteiger partial charge in [0, 0.05) is 18.0 Å². The highest BCUT2D eigenvalue weighted by molar-refractivity contribution is 4.98. The van der Waals surface area contributed by atoms with E-state index in [1.807, 2.05) is 27.0 Å². The predicted molar refractivity (Wildman–Crippen MR) is 72.0 cm³/mol. The molecule has 0 radical (unpaired) electrons. The Bertz CT molecular complexity index is 578. The summed E-state index contributed by atoms with van der Waals surface area (Å²) in [5.74, 6) is 1.20. The van der Waals surface area contributed by atoms with Crippen LogP contribution in [-0.4, -0.2) is 31.2 Å². The van der Waals surface area contributed by atoms with Crippen LogP contribution in [0, 0.1) is 0 Å². The fraction of sp³-hybridized carbons (Fsp3) is 0.692. The third-order valence-electron chi connectivity index (χ3n) is 3.14. The van der Waals surface area contributed by atoms with Gasteiger partial charge in [-0.15, -0.1) is 15.3 Å². The van der Waals surface area contributed by atoms with Gasteiger partial charge < -0.3 is 9.73 Å². The molecule has 2 heterocycles. The highest BCUT2D eigenvalue weighted by Crippen LogP contribution is 2.20. The van der Waals surface area contributed by atoms with E-state index in [2.05, 4.69) is 25.8 Å². The molecule has 1 N–H and O–H groups in total. The quantitative estimate of drug-likeness (QED) is 0.885. The van der Waals surface area contributed by atoms with Crippen molar-refractivity contribution in [2.45, 2.75) is 58.2 Å². The lowest BCUT2D eigenvalue weighted by Crippen LogP contribution is -2.15. The van der Waals surface area contributed by atoms with Gasteiger partial charge in [-0.1, -0.05) is 26.0 Å². The zero-order valence-corrected chi connectivity index (χ0v) is 12.1. The molecule has 0 saturated heterocycles. The normalized spacial score (nSPS) is 15.8. The molecular formula is C13H20N6O. The zero-order valence-electron chi connectivity index (χ0n) is 12.1. The molecule has 108 valence electrons. The minimum atomic E-state index is -0.132. The van der Waals surface area contributed by atoms with Gasteiger partial charge in [0.05, 0.1) is 11.9 Å². The predicted octanol–water partition coefficient (Wildman–Crippen LogP) is 1.26. The van der Waals surface area contributed by atoms with Crippen LogP contribution in [0.3, 0.4) is 0 Å². The van der Waals surface area contributed by atoms with Crippen LogP contribution in [0.5, 0.6) is 0 Å². The smallest absolute Gasteiger partial charge is 0.238 e. The summed E-state index contributed by atoms with van der Waals surface area (Å²) in [6.07, 6.45) is 4.45. The van der Waals surface area contributed by atoms with E-state index < -0.39 is 0 Å². The molecule has 7 nitrogen and oxygen atoms in total. The summed E-state index contributed by atoms with van der Waals surface area (Å²) in [5.41, 5.74) is 0.805. The van der Waals surface area contributed by atoms with Crippen molar-refractivity contribution in [3.63, 3.8) is 0 Å². The summed E-state index contributed by atoms with van der Waals surface area (Å²) < 4.78 is 7.37. The van der Waals surface area contributed by atoms with Crippen molar-refractivity contribution >= 4 is 0 Å². The van der Waals surface area contributed by atoms with Crippen LogP contribution in [-0.2, 0) is 18.5 Å². The third kappa shape index (κ3) is 3.22. The van der Waals surface area contributed by atoms with Crippen LogP contribution in [0.1, 0.15) is 51.1 Å². The molecular weight excluding hydrogens is 256 g/mol. The molecule has 0 aliphatic heterocycles. The molecule has 0 aromatic carbocycles. The van der Waals surface area contributed by atoms with Crippen LogP contribution < -0.4 is 5.32 Å². The van der Waals surface area contributed by atoms with Gasteiger partial charge in [0.25, 0.3) is 0 Å². The Labute approximate surface area is 117 Å². The molecule has 1 fully saturated rings. The van der Waals surface area contributed by atoms with Crippen LogP contribution in [0.4, 0.5) is 0 Å². The fourth-order valence-corrected chi connectivity index (χ4v) is 1.79. The lowest BCUT2D eigenvalue weighted by Gasteiger charge is -2.10. The topological polar surface area (TPSA) is 81.7 Å². The SMILES string of the molecule is CC(C)(C)c1nnc(Cn2cc(CNC3CC3)nn2)o1. The molecule has 1 saturated carbocycles. The summed E-state index contributed by atoms with van der Waals surface area (Å²) in [7, 11) is 0. The number of nitrogens with zero attached hydrogens (tertiary/aromatic N) is 5. The highest BCUT2D eigenvalue weighted by atomic mass is 16.4. The van der Waals surface area contributed by atoms with Gasteiger partial charge >= 0.3 is 0 Å². The lowest BCUT2D eigenvalue weighted by molar-refractivity contribution is 0.362. The second kappa shape index (κ2) is 4.97. The first-order valence-corrected chi connectivity index (χ1v) is 6.96. The van der Waals surface area contributed by atoms with Crippen molar-refractivity contribution in [2.75, 3.05) is 0 Å². The molecule has 1 aliphatic carbocycles. The van der Waals surface area contributed by atoms with Crippen molar-refractivity contribution in [3.8, 4) is 0 Å². The second-order valence-corrected chi connectivity index (χ2v) is 6.31. The first-order valence-electron chi connectivity index (χ1n) is 6.96. The van der Waals surface area contributed by atoms with Crippen molar-refractivity contribution in [2.24, 2.45) is 0 Å². The summed E-state index contributed by atoms with van der Waals surface area (Å²) in [5, 5.41) is 19.7. The van der Waals surface area contributed by atoms with Gasteiger partial charge in [-0.25, -0.2) is 4.68 Å². The summed E-state index contributed by atoms with van der Waals surface area (Å²) >= 11 is 0. The Balaban J connectivity index is 1.60. The van der Waals surface area contributed by atoms with E-state index >= 15 is 0 Å². The number of rotatable bonds is 5. The molecule has 2 aromatic heterocycles. The zero-order chi connectivity index (χ0) is 14.2. The Morgan fingerprint density at radius 3 is 2.75 bits per heavy atom. The third-order valence-corrected chi connectivity index (χ3v) is 3.14. The molecule has 0 atom stereocenters. The monoisotopic (exact) mass is 276 g/mol. The van der Waals surface area contributed by atoms with Crippen LogP contribution in [0.15, 0.2) is 10.6 Å². The first kappa shape index (κ1) is 13.2. The van der Waals surface area contributed by atoms with Gasteiger partial charge in [-0.05, 0) is 12.8 Å². The number of nitrogens with one attached hydrogen (secondary N) is 1. The second-order valence-electron chi connectivity index (χ2n) is 6.31. The van der Waals surface area contributed by atoms with E-state index in [1.165, 1.54) is 12.8 Å². The molecule has 0 amide bonds. The maximum absolute atomic E-state index is 5.64. The number of hydrogen-bond donors (Lipinski definition) is 1. The van der Waals surface area contributed by atoms with Gasteiger partial charge in [0.2, 0.25) is 11.8 Å².